The van der Waals surface area contributed by atoms with Crippen LogP contribution < -0.4 is 5.32 Å². The lowest BCUT2D eigenvalue weighted by Crippen LogP contribution is -2.44. The molecule has 1 aliphatic rings. The van der Waals surface area contributed by atoms with E-state index in [2.05, 4.69) is 23.0 Å². The molecule has 2 unspecified atom stereocenters. The van der Waals surface area contributed by atoms with Crippen LogP contribution in [0.5, 0.6) is 0 Å². The van der Waals surface area contributed by atoms with Gasteiger partial charge in [0.25, 0.3) is 0 Å². The van der Waals surface area contributed by atoms with Gasteiger partial charge in [0.1, 0.15) is 13.2 Å². The molecule has 2 aromatic rings. The van der Waals surface area contributed by atoms with Crippen molar-refractivity contribution in [1.82, 2.24) is 10.2 Å². The molecule has 7 heteroatoms. The normalized spacial score (nSPS) is 17.6. The fourth-order valence-electron chi connectivity index (χ4n) is 4.25. The van der Waals surface area contributed by atoms with Gasteiger partial charge in [-0.15, -0.1) is 0 Å². The number of likely N-dealkylation sites (tertiary alicyclic amines) is 1. The monoisotopic (exact) mass is 438 g/mol. The Kier molecular flexibility index (Phi) is 8.25. The minimum atomic E-state index is -0.665. The number of rotatable bonds is 8. The summed E-state index contributed by atoms with van der Waals surface area (Å²) in [6.07, 6.45) is 1.73. The molecular formula is C25H30N2O5. The molecule has 0 radical (unpaired) electrons. The summed E-state index contributed by atoms with van der Waals surface area (Å²) in [5.41, 5.74) is 3.17. The van der Waals surface area contributed by atoms with Gasteiger partial charge in [0.05, 0.1) is 19.6 Å². The van der Waals surface area contributed by atoms with E-state index in [1.54, 1.807) is 4.90 Å². The van der Waals surface area contributed by atoms with Crippen molar-refractivity contribution >= 4 is 18.0 Å². The Hall–Kier alpha value is -3.35. The first-order valence-electron chi connectivity index (χ1n) is 10.9. The van der Waals surface area contributed by atoms with E-state index >= 15 is 0 Å². The van der Waals surface area contributed by atoms with E-state index in [1.165, 1.54) is 12.7 Å². The van der Waals surface area contributed by atoms with E-state index in [4.69, 9.17) is 4.74 Å². The number of ether oxygens (including phenoxy) is 2. The van der Waals surface area contributed by atoms with Crippen LogP contribution in [0.25, 0.3) is 0 Å². The zero-order chi connectivity index (χ0) is 22.9. The van der Waals surface area contributed by atoms with Crippen molar-refractivity contribution < 1.29 is 23.9 Å². The third-order valence-electron chi connectivity index (χ3n) is 5.80. The standard InChI is InChI=1S/C25H30N2O5/c1-3-19-11-7-8-12-21(19)22-14-13-20(27(22)23(28)16-26-25(30)31-2)15-24(29)32-17-18-9-5-4-6-10-18/h4-12,20,22H,3,13-17H2,1-2H3,(H,26,30). The average Bonchev–Trinajstić information content (AvgIpc) is 3.24. The number of nitrogens with one attached hydrogen (secondary N) is 1. The molecule has 0 saturated carbocycles. The molecule has 1 aliphatic heterocycles. The van der Waals surface area contributed by atoms with Crippen molar-refractivity contribution in [1.29, 1.82) is 0 Å². The van der Waals surface area contributed by atoms with E-state index in [0.717, 1.165) is 24.0 Å². The number of alkyl carbamates (subject to hydrolysis) is 1. The van der Waals surface area contributed by atoms with E-state index in [1.807, 2.05) is 48.5 Å². The van der Waals surface area contributed by atoms with E-state index in [0.29, 0.717) is 6.42 Å². The van der Waals surface area contributed by atoms with Crippen molar-refractivity contribution in [3.63, 3.8) is 0 Å². The number of amides is 2. The molecule has 3 rings (SSSR count). The molecular weight excluding hydrogens is 408 g/mol. The lowest BCUT2D eigenvalue weighted by molar-refractivity contribution is -0.147. The Morgan fingerprint density at radius 1 is 1.03 bits per heavy atom. The van der Waals surface area contributed by atoms with Crippen molar-refractivity contribution in [2.45, 2.75) is 51.3 Å². The highest BCUT2D eigenvalue weighted by Crippen LogP contribution is 2.39. The Balaban J connectivity index is 1.73. The minimum Gasteiger partial charge on any atom is -0.461 e. The summed E-state index contributed by atoms with van der Waals surface area (Å²) < 4.78 is 10.0. The molecule has 7 nitrogen and oxygen atoms in total. The molecule has 0 aromatic heterocycles. The average molecular weight is 439 g/mol. The number of carbonyl (C=O) groups is 3. The first-order valence-corrected chi connectivity index (χ1v) is 10.9. The van der Waals surface area contributed by atoms with Crippen molar-refractivity contribution in [2.24, 2.45) is 0 Å². The second-order valence-electron chi connectivity index (χ2n) is 7.80. The van der Waals surface area contributed by atoms with Gasteiger partial charge >= 0.3 is 12.1 Å². The Bertz CT molecular complexity index is 931. The summed E-state index contributed by atoms with van der Waals surface area (Å²) in [6, 6.07) is 17.1. The van der Waals surface area contributed by atoms with Crippen LogP contribution in [-0.4, -0.2) is 42.6 Å². The SMILES string of the molecule is CCc1ccccc1C1CCC(CC(=O)OCc2ccccc2)N1C(=O)CNC(=O)OC. The molecule has 1 fully saturated rings. The fraction of sp³-hybridized carbons (Fsp3) is 0.400. The van der Waals surface area contributed by atoms with Crippen LogP contribution in [0.4, 0.5) is 4.79 Å². The zero-order valence-corrected chi connectivity index (χ0v) is 18.6. The summed E-state index contributed by atoms with van der Waals surface area (Å²) in [7, 11) is 1.25. The summed E-state index contributed by atoms with van der Waals surface area (Å²) in [5, 5.41) is 2.46. The highest BCUT2D eigenvalue weighted by Gasteiger charge is 2.39. The van der Waals surface area contributed by atoms with Crippen LogP contribution in [0.3, 0.4) is 0 Å². The number of methoxy groups -OCH3 is 1. The van der Waals surface area contributed by atoms with Crippen LogP contribution in [0, 0.1) is 0 Å². The van der Waals surface area contributed by atoms with Crippen LogP contribution in [0.2, 0.25) is 0 Å². The first-order chi connectivity index (χ1) is 15.5. The molecule has 1 saturated heterocycles. The number of esters is 1. The van der Waals surface area contributed by atoms with Gasteiger partial charge in [-0.3, -0.25) is 9.59 Å². The van der Waals surface area contributed by atoms with Gasteiger partial charge in [-0.2, -0.15) is 0 Å². The lowest BCUT2D eigenvalue weighted by Gasteiger charge is -2.31. The van der Waals surface area contributed by atoms with Crippen LogP contribution in [0.1, 0.15) is 48.9 Å². The summed E-state index contributed by atoms with van der Waals surface area (Å²) in [4.78, 5) is 38.9. The molecule has 1 heterocycles. The highest BCUT2D eigenvalue weighted by atomic mass is 16.5. The van der Waals surface area contributed by atoms with E-state index in [9.17, 15) is 14.4 Å². The number of nitrogens with zero attached hydrogens (tertiary/aromatic N) is 1. The summed E-state index contributed by atoms with van der Waals surface area (Å²) in [6.45, 7) is 2.09. The number of hydrogen-bond donors (Lipinski definition) is 1. The quantitative estimate of drug-likeness (QED) is 0.634. The van der Waals surface area contributed by atoms with Gasteiger partial charge in [0, 0.05) is 6.04 Å². The van der Waals surface area contributed by atoms with Crippen molar-refractivity contribution in [2.75, 3.05) is 13.7 Å². The predicted octanol–water partition coefficient (Wildman–Crippen LogP) is 3.77. The number of carbonyl (C=O) groups excluding carboxylic acids is 3. The van der Waals surface area contributed by atoms with Crippen molar-refractivity contribution in [3.8, 4) is 0 Å². The molecule has 170 valence electrons. The van der Waals surface area contributed by atoms with Gasteiger partial charge in [0.2, 0.25) is 5.91 Å². The molecule has 1 N–H and O–H groups in total. The number of aryl methyl sites for hydroxylation is 1. The number of benzene rings is 2. The lowest BCUT2D eigenvalue weighted by atomic mass is 9.97. The van der Waals surface area contributed by atoms with Crippen LogP contribution in [-0.2, 0) is 32.1 Å². The molecule has 0 spiro atoms. The van der Waals surface area contributed by atoms with Gasteiger partial charge in [0.15, 0.2) is 0 Å². The maximum absolute atomic E-state index is 13.1. The smallest absolute Gasteiger partial charge is 0.407 e. The highest BCUT2D eigenvalue weighted by molar-refractivity contribution is 5.84. The summed E-state index contributed by atoms with van der Waals surface area (Å²) in [5.74, 6) is -0.591. The second kappa shape index (κ2) is 11.3. The molecule has 0 bridgehead atoms. The fourth-order valence-corrected chi connectivity index (χ4v) is 4.25. The third kappa shape index (κ3) is 5.87. The van der Waals surface area contributed by atoms with Gasteiger partial charge < -0.3 is 19.7 Å². The molecule has 32 heavy (non-hydrogen) atoms. The Morgan fingerprint density at radius 3 is 2.47 bits per heavy atom. The van der Waals surface area contributed by atoms with Crippen molar-refractivity contribution in [3.05, 3.63) is 71.3 Å². The number of hydrogen-bond acceptors (Lipinski definition) is 5. The molecule has 2 amide bonds. The minimum absolute atomic E-state index is 0.113. The Labute approximate surface area is 188 Å². The second-order valence-corrected chi connectivity index (χ2v) is 7.80. The van der Waals surface area contributed by atoms with E-state index in [-0.39, 0.29) is 43.5 Å². The van der Waals surface area contributed by atoms with Gasteiger partial charge in [-0.25, -0.2) is 4.79 Å². The van der Waals surface area contributed by atoms with Crippen LogP contribution >= 0.6 is 0 Å². The zero-order valence-electron chi connectivity index (χ0n) is 18.6. The topological polar surface area (TPSA) is 84.9 Å². The summed E-state index contributed by atoms with van der Waals surface area (Å²) >= 11 is 0. The third-order valence-corrected chi connectivity index (χ3v) is 5.80. The maximum atomic E-state index is 13.1. The Morgan fingerprint density at radius 2 is 1.75 bits per heavy atom. The first kappa shape index (κ1) is 23.3. The maximum Gasteiger partial charge on any atom is 0.407 e. The largest absolute Gasteiger partial charge is 0.461 e. The molecule has 2 aromatic carbocycles. The molecule has 2 atom stereocenters. The van der Waals surface area contributed by atoms with Crippen LogP contribution in [0.15, 0.2) is 54.6 Å². The van der Waals surface area contributed by atoms with Gasteiger partial charge in [-0.1, -0.05) is 61.5 Å². The van der Waals surface area contributed by atoms with Gasteiger partial charge in [-0.05, 0) is 36.0 Å². The molecule has 0 aliphatic carbocycles. The predicted molar refractivity (Wildman–Crippen MR) is 120 cm³/mol. The van der Waals surface area contributed by atoms with E-state index < -0.39 is 6.09 Å².